The summed E-state index contributed by atoms with van der Waals surface area (Å²) in [5.74, 6) is -0.659. The van der Waals surface area contributed by atoms with Crippen LogP contribution in [0, 0.1) is 0 Å². The summed E-state index contributed by atoms with van der Waals surface area (Å²) in [7, 11) is -4.58. The van der Waals surface area contributed by atoms with Gasteiger partial charge in [-0.2, -0.15) is 0 Å². The van der Waals surface area contributed by atoms with E-state index in [0.717, 1.165) is 6.92 Å². The average Bonchev–Trinajstić information content (AvgIpc) is 1.95. The lowest BCUT2D eigenvalue weighted by atomic mass is 10.4. The smallest absolute Gasteiger partial charge is 0.458 e. The van der Waals surface area contributed by atoms with Gasteiger partial charge in [-0.05, 0) is 0 Å². The molecule has 8 heteroatoms. The summed E-state index contributed by atoms with van der Waals surface area (Å²) in [6.07, 6.45) is -1.05. The fraction of sp³-hybridized carbons (Fsp3) is 0.800. The van der Waals surface area contributed by atoms with Gasteiger partial charge in [-0.15, -0.1) is 0 Å². The monoisotopic (exact) mass is 214 g/mol. The number of carbonyl (C=O) groups excluding carboxylic acids is 1. The van der Waals surface area contributed by atoms with Crippen LogP contribution in [-0.4, -0.2) is 40.2 Å². The normalized spacial score (nSPS) is 13.8. The van der Waals surface area contributed by atoms with Gasteiger partial charge in [0.2, 0.25) is 0 Å². The SMILES string of the molecule is CC(=O)O[C@H](CO)COP(=O)(O)O. The van der Waals surface area contributed by atoms with Gasteiger partial charge in [0.15, 0.2) is 0 Å². The minimum Gasteiger partial charge on any atom is -0.458 e. The van der Waals surface area contributed by atoms with Crippen LogP contribution >= 0.6 is 7.82 Å². The second kappa shape index (κ2) is 5.31. The van der Waals surface area contributed by atoms with Crippen LogP contribution in [0.15, 0.2) is 0 Å². The predicted molar refractivity (Wildman–Crippen MR) is 40.6 cm³/mol. The van der Waals surface area contributed by atoms with E-state index in [1.807, 2.05) is 0 Å². The van der Waals surface area contributed by atoms with E-state index < -0.39 is 33.1 Å². The van der Waals surface area contributed by atoms with Crippen LogP contribution in [0.2, 0.25) is 0 Å². The van der Waals surface area contributed by atoms with Gasteiger partial charge in [-0.3, -0.25) is 9.32 Å². The maximum Gasteiger partial charge on any atom is 0.469 e. The molecule has 0 aliphatic heterocycles. The molecule has 0 fully saturated rings. The van der Waals surface area contributed by atoms with Gasteiger partial charge in [-0.25, -0.2) is 4.57 Å². The first kappa shape index (κ1) is 12.5. The van der Waals surface area contributed by atoms with Crippen molar-refractivity contribution in [3.05, 3.63) is 0 Å². The molecule has 0 aromatic carbocycles. The zero-order valence-corrected chi connectivity index (χ0v) is 7.81. The summed E-state index contributed by atoms with van der Waals surface area (Å²) in [6.45, 7) is 0.0140. The Labute approximate surface area is 74.5 Å². The van der Waals surface area contributed by atoms with E-state index in [4.69, 9.17) is 14.9 Å². The van der Waals surface area contributed by atoms with Crippen LogP contribution in [0.5, 0.6) is 0 Å². The largest absolute Gasteiger partial charge is 0.469 e. The molecule has 78 valence electrons. The van der Waals surface area contributed by atoms with Gasteiger partial charge >= 0.3 is 13.8 Å². The number of esters is 1. The average molecular weight is 214 g/mol. The standard InChI is InChI=1S/C5H11O7P/c1-4(7)12-5(2-6)3-11-13(8,9)10/h5-6H,2-3H2,1H3,(H2,8,9,10)/t5-/m1/s1. The zero-order valence-electron chi connectivity index (χ0n) is 6.91. The number of aliphatic hydroxyl groups excluding tert-OH is 1. The number of hydrogen-bond acceptors (Lipinski definition) is 5. The fourth-order valence-corrected chi connectivity index (χ4v) is 0.899. The van der Waals surface area contributed by atoms with Gasteiger partial charge in [-0.1, -0.05) is 0 Å². The van der Waals surface area contributed by atoms with E-state index in [9.17, 15) is 9.36 Å². The number of aliphatic hydroxyl groups is 1. The highest BCUT2D eigenvalue weighted by Gasteiger charge is 2.19. The molecule has 0 unspecified atom stereocenters. The van der Waals surface area contributed by atoms with E-state index in [2.05, 4.69) is 9.26 Å². The molecule has 0 rings (SSSR count). The van der Waals surface area contributed by atoms with Gasteiger partial charge in [0.25, 0.3) is 0 Å². The molecule has 0 radical (unpaired) electrons. The van der Waals surface area contributed by atoms with Crippen molar-refractivity contribution < 1.29 is 33.5 Å². The van der Waals surface area contributed by atoms with Crippen molar-refractivity contribution in [1.82, 2.24) is 0 Å². The Morgan fingerprint density at radius 3 is 2.38 bits per heavy atom. The van der Waals surface area contributed by atoms with Crippen molar-refractivity contribution in [1.29, 1.82) is 0 Å². The Hall–Kier alpha value is -0.460. The molecule has 0 aromatic heterocycles. The van der Waals surface area contributed by atoms with Gasteiger partial charge in [0, 0.05) is 6.92 Å². The molecule has 0 aliphatic rings. The number of hydrogen-bond donors (Lipinski definition) is 3. The molecular formula is C5H11O7P. The summed E-state index contributed by atoms with van der Waals surface area (Å²) in [5, 5.41) is 8.56. The van der Waals surface area contributed by atoms with Crippen LogP contribution in [0.1, 0.15) is 6.92 Å². The number of phosphoric ester groups is 1. The Bertz CT molecular complexity index is 209. The zero-order chi connectivity index (χ0) is 10.5. The molecular weight excluding hydrogens is 203 g/mol. The molecule has 0 amide bonds. The van der Waals surface area contributed by atoms with Gasteiger partial charge < -0.3 is 19.6 Å². The van der Waals surface area contributed by atoms with E-state index >= 15 is 0 Å². The summed E-state index contributed by atoms with van der Waals surface area (Å²) < 4.78 is 18.6. The van der Waals surface area contributed by atoms with Crippen molar-refractivity contribution in [2.24, 2.45) is 0 Å². The van der Waals surface area contributed by atoms with E-state index in [1.165, 1.54) is 0 Å². The minimum absolute atomic E-state index is 0.541. The highest BCUT2D eigenvalue weighted by atomic mass is 31.2. The highest BCUT2D eigenvalue weighted by molar-refractivity contribution is 7.46. The molecule has 0 aromatic rings. The third-order valence-electron chi connectivity index (χ3n) is 0.965. The first-order valence-corrected chi connectivity index (χ1v) is 4.86. The van der Waals surface area contributed by atoms with Crippen LogP contribution in [0.3, 0.4) is 0 Å². The lowest BCUT2D eigenvalue weighted by molar-refractivity contribution is -0.150. The third kappa shape index (κ3) is 7.89. The molecule has 1 atom stereocenters. The fourth-order valence-electron chi connectivity index (χ4n) is 0.539. The highest BCUT2D eigenvalue weighted by Crippen LogP contribution is 2.35. The van der Waals surface area contributed by atoms with Crippen LogP contribution in [0.25, 0.3) is 0 Å². The van der Waals surface area contributed by atoms with Crippen LogP contribution in [-0.2, 0) is 18.6 Å². The number of ether oxygens (including phenoxy) is 1. The van der Waals surface area contributed by atoms with Crippen molar-refractivity contribution in [2.75, 3.05) is 13.2 Å². The molecule has 0 bridgehead atoms. The second-order valence-electron chi connectivity index (χ2n) is 2.20. The summed E-state index contributed by atoms with van der Waals surface area (Å²) in [4.78, 5) is 26.9. The molecule has 13 heavy (non-hydrogen) atoms. The summed E-state index contributed by atoms with van der Waals surface area (Å²) in [5.41, 5.74) is 0. The molecule has 0 saturated heterocycles. The molecule has 7 nitrogen and oxygen atoms in total. The second-order valence-corrected chi connectivity index (χ2v) is 3.44. The summed E-state index contributed by atoms with van der Waals surface area (Å²) in [6, 6.07) is 0. The van der Waals surface area contributed by atoms with E-state index in [-0.39, 0.29) is 0 Å². The maximum atomic E-state index is 10.4. The van der Waals surface area contributed by atoms with Crippen molar-refractivity contribution in [3.63, 3.8) is 0 Å². The van der Waals surface area contributed by atoms with Crippen molar-refractivity contribution in [3.8, 4) is 0 Å². The summed E-state index contributed by atoms with van der Waals surface area (Å²) >= 11 is 0. The maximum absolute atomic E-state index is 10.4. The van der Waals surface area contributed by atoms with Crippen LogP contribution < -0.4 is 0 Å². The molecule has 0 spiro atoms. The quantitative estimate of drug-likeness (QED) is 0.398. The van der Waals surface area contributed by atoms with Gasteiger partial charge in [0.1, 0.15) is 6.10 Å². The topological polar surface area (TPSA) is 113 Å². The van der Waals surface area contributed by atoms with Gasteiger partial charge in [0.05, 0.1) is 13.2 Å². The Balaban J connectivity index is 3.86. The van der Waals surface area contributed by atoms with Crippen molar-refractivity contribution in [2.45, 2.75) is 13.0 Å². The number of rotatable bonds is 5. The third-order valence-corrected chi connectivity index (χ3v) is 1.45. The minimum atomic E-state index is -4.58. The predicted octanol–water partition coefficient (Wildman–Crippen LogP) is -0.980. The number of carbonyl (C=O) groups is 1. The Morgan fingerprint density at radius 1 is 1.54 bits per heavy atom. The Kier molecular flexibility index (Phi) is 5.12. The first-order valence-electron chi connectivity index (χ1n) is 3.33. The molecule has 3 N–H and O–H groups in total. The van der Waals surface area contributed by atoms with E-state index in [1.54, 1.807) is 0 Å². The lowest BCUT2D eigenvalue weighted by Crippen LogP contribution is -2.25. The van der Waals surface area contributed by atoms with Crippen molar-refractivity contribution >= 4 is 13.8 Å². The molecule has 0 saturated carbocycles. The first-order chi connectivity index (χ1) is 5.85. The Morgan fingerprint density at radius 2 is 2.08 bits per heavy atom. The molecule has 0 heterocycles. The molecule has 0 aliphatic carbocycles. The lowest BCUT2D eigenvalue weighted by Gasteiger charge is -2.14. The van der Waals surface area contributed by atoms with Crippen LogP contribution in [0.4, 0.5) is 0 Å². The number of phosphoric acid groups is 1. The van der Waals surface area contributed by atoms with E-state index in [0.29, 0.717) is 0 Å².